The van der Waals surface area contributed by atoms with Crippen LogP contribution < -0.4 is 10.9 Å². The molecule has 1 N–H and O–H groups in total. The van der Waals surface area contributed by atoms with E-state index in [-0.39, 0.29) is 5.56 Å². The van der Waals surface area contributed by atoms with Gasteiger partial charge in [-0.15, -0.1) is 0 Å². The molecule has 2 heterocycles. The summed E-state index contributed by atoms with van der Waals surface area (Å²) in [5, 5.41) is 3.12. The van der Waals surface area contributed by atoms with E-state index >= 15 is 0 Å². The molecule has 0 saturated carbocycles. The van der Waals surface area contributed by atoms with Gasteiger partial charge in [0, 0.05) is 7.05 Å². The molecule has 0 atom stereocenters. The van der Waals surface area contributed by atoms with Crippen LogP contribution in [0.2, 0.25) is 0 Å². The Morgan fingerprint density at radius 3 is 2.81 bits per heavy atom. The lowest BCUT2D eigenvalue weighted by molar-refractivity contribution is 0.102. The zero-order chi connectivity index (χ0) is 15.1. The summed E-state index contributed by atoms with van der Waals surface area (Å²) in [7, 11) is 1.58. The summed E-state index contributed by atoms with van der Waals surface area (Å²) in [6.07, 6.45) is 0. The summed E-state index contributed by atoms with van der Waals surface area (Å²) in [5.74, 6) is -0.502. The third-order valence-corrected chi connectivity index (χ3v) is 4.18. The predicted molar refractivity (Wildman–Crippen MR) is 81.0 cm³/mol. The molecule has 0 aliphatic rings. The molecule has 0 spiro atoms. The van der Waals surface area contributed by atoms with Gasteiger partial charge >= 0.3 is 5.63 Å². The van der Waals surface area contributed by atoms with Crippen LogP contribution in [0.3, 0.4) is 0 Å². The van der Waals surface area contributed by atoms with Crippen molar-refractivity contribution in [3.63, 3.8) is 0 Å². The zero-order valence-electron chi connectivity index (χ0n) is 11.8. The van der Waals surface area contributed by atoms with Crippen LogP contribution in [0.5, 0.6) is 0 Å². The van der Waals surface area contributed by atoms with E-state index in [1.165, 1.54) is 16.1 Å². The Kier molecular flexibility index (Phi) is 3.13. The predicted octanol–water partition coefficient (Wildman–Crippen LogP) is 2.46. The summed E-state index contributed by atoms with van der Waals surface area (Å²) in [6, 6.07) is 5.87. The second-order valence-electron chi connectivity index (χ2n) is 4.78. The molecular weight excluding hydrogens is 290 g/mol. The third kappa shape index (κ3) is 2.36. The fourth-order valence-electron chi connectivity index (χ4n) is 2.05. The van der Waals surface area contributed by atoms with Crippen LogP contribution >= 0.6 is 11.3 Å². The van der Waals surface area contributed by atoms with E-state index in [1.54, 1.807) is 14.0 Å². The Morgan fingerprint density at radius 2 is 2.14 bits per heavy atom. The second-order valence-corrected chi connectivity index (χ2v) is 5.81. The standard InChI is InChI=1S/C14H13N3O3S/c1-7-4-5-9-10(6-7)21-14(15-9)16-12(18)11-8(2)17(3)20-13(11)19/h4-6H,1-3H3,(H,15,16,18). The third-order valence-electron chi connectivity index (χ3n) is 3.25. The van der Waals surface area contributed by atoms with Crippen molar-refractivity contribution in [1.29, 1.82) is 0 Å². The van der Waals surface area contributed by atoms with E-state index in [0.717, 1.165) is 15.8 Å². The van der Waals surface area contributed by atoms with Gasteiger partial charge in [0.1, 0.15) is 5.56 Å². The number of benzene rings is 1. The van der Waals surface area contributed by atoms with Gasteiger partial charge in [-0.2, -0.15) is 0 Å². The van der Waals surface area contributed by atoms with E-state index < -0.39 is 11.5 Å². The monoisotopic (exact) mass is 303 g/mol. The molecule has 0 aliphatic heterocycles. The van der Waals surface area contributed by atoms with Gasteiger partial charge in [-0.05, 0) is 31.5 Å². The first-order valence-corrected chi connectivity index (χ1v) is 7.13. The minimum atomic E-state index is -0.649. The maximum absolute atomic E-state index is 12.2. The van der Waals surface area contributed by atoms with Crippen molar-refractivity contribution < 1.29 is 9.32 Å². The molecule has 0 bridgehead atoms. The first-order valence-electron chi connectivity index (χ1n) is 6.31. The summed E-state index contributed by atoms with van der Waals surface area (Å²) >= 11 is 1.37. The van der Waals surface area contributed by atoms with E-state index in [0.29, 0.717) is 10.8 Å². The van der Waals surface area contributed by atoms with Crippen molar-refractivity contribution in [2.24, 2.45) is 7.05 Å². The molecule has 0 radical (unpaired) electrons. The Morgan fingerprint density at radius 1 is 1.38 bits per heavy atom. The largest absolute Gasteiger partial charge is 0.370 e. The number of nitrogens with one attached hydrogen (secondary N) is 1. The number of thiazole rings is 1. The maximum atomic E-state index is 12.2. The highest BCUT2D eigenvalue weighted by Crippen LogP contribution is 2.27. The van der Waals surface area contributed by atoms with E-state index in [9.17, 15) is 9.59 Å². The average molecular weight is 303 g/mol. The van der Waals surface area contributed by atoms with Crippen molar-refractivity contribution in [2.75, 3.05) is 5.32 Å². The van der Waals surface area contributed by atoms with Crippen molar-refractivity contribution in [3.05, 3.63) is 45.4 Å². The molecule has 2 aromatic heterocycles. The van der Waals surface area contributed by atoms with Gasteiger partial charge in [-0.25, -0.2) is 14.5 Å². The minimum Gasteiger partial charge on any atom is -0.336 e. The Balaban J connectivity index is 1.94. The number of hydrogen-bond donors (Lipinski definition) is 1. The van der Waals surface area contributed by atoms with Crippen molar-refractivity contribution in [3.8, 4) is 0 Å². The number of aromatic nitrogens is 2. The molecule has 0 unspecified atom stereocenters. The molecule has 108 valence electrons. The van der Waals surface area contributed by atoms with Gasteiger partial charge < -0.3 is 4.52 Å². The van der Waals surface area contributed by atoms with E-state index in [4.69, 9.17) is 4.52 Å². The van der Waals surface area contributed by atoms with Crippen LogP contribution in [-0.2, 0) is 7.05 Å². The highest BCUT2D eigenvalue weighted by molar-refractivity contribution is 7.22. The number of aryl methyl sites for hydroxylation is 2. The zero-order valence-corrected chi connectivity index (χ0v) is 12.6. The minimum absolute atomic E-state index is 0.00735. The van der Waals surface area contributed by atoms with Gasteiger partial charge in [0.05, 0.1) is 15.9 Å². The molecule has 0 fully saturated rings. The Bertz CT molecular complexity index is 904. The molecule has 6 nitrogen and oxygen atoms in total. The molecule has 1 amide bonds. The molecular formula is C14H13N3O3S. The number of amides is 1. The van der Waals surface area contributed by atoms with Crippen molar-refractivity contribution in [1.82, 2.24) is 9.72 Å². The average Bonchev–Trinajstić information content (AvgIpc) is 2.90. The lowest BCUT2D eigenvalue weighted by Crippen LogP contribution is -2.19. The normalized spacial score (nSPS) is 11.0. The van der Waals surface area contributed by atoms with E-state index in [1.807, 2.05) is 25.1 Å². The maximum Gasteiger partial charge on any atom is 0.370 e. The number of nitrogens with zero attached hydrogens (tertiary/aromatic N) is 2. The smallest absolute Gasteiger partial charge is 0.336 e. The molecule has 3 aromatic rings. The Labute approximate surface area is 124 Å². The quantitative estimate of drug-likeness (QED) is 0.789. The molecule has 1 aromatic carbocycles. The van der Waals surface area contributed by atoms with E-state index in [2.05, 4.69) is 10.3 Å². The highest BCUT2D eigenvalue weighted by atomic mass is 32.1. The van der Waals surface area contributed by atoms with Gasteiger partial charge in [0.25, 0.3) is 5.91 Å². The van der Waals surface area contributed by atoms with Gasteiger partial charge in [-0.3, -0.25) is 10.1 Å². The van der Waals surface area contributed by atoms with Crippen LogP contribution in [0, 0.1) is 13.8 Å². The molecule has 3 rings (SSSR count). The number of hydrogen-bond acceptors (Lipinski definition) is 5. The number of rotatable bonds is 2. The lowest BCUT2D eigenvalue weighted by atomic mass is 10.2. The highest BCUT2D eigenvalue weighted by Gasteiger charge is 2.20. The van der Waals surface area contributed by atoms with Crippen LogP contribution in [0.15, 0.2) is 27.5 Å². The van der Waals surface area contributed by atoms with Crippen LogP contribution in [-0.4, -0.2) is 15.6 Å². The van der Waals surface area contributed by atoms with Crippen LogP contribution in [0.4, 0.5) is 5.13 Å². The van der Waals surface area contributed by atoms with Crippen molar-refractivity contribution >= 4 is 32.6 Å². The van der Waals surface area contributed by atoms with Gasteiger partial charge in [0.2, 0.25) is 0 Å². The Hall–Kier alpha value is -2.41. The molecule has 0 saturated heterocycles. The lowest BCUT2D eigenvalue weighted by Gasteiger charge is -1.98. The van der Waals surface area contributed by atoms with Gasteiger partial charge in [-0.1, -0.05) is 17.4 Å². The number of carbonyl (C=O) groups is 1. The summed E-state index contributed by atoms with van der Waals surface area (Å²) in [5.41, 5.74) is 1.79. The molecule has 7 heteroatoms. The fourth-order valence-corrected chi connectivity index (χ4v) is 3.00. The van der Waals surface area contributed by atoms with Crippen LogP contribution in [0.1, 0.15) is 21.6 Å². The summed E-state index contributed by atoms with van der Waals surface area (Å²) in [4.78, 5) is 28.2. The summed E-state index contributed by atoms with van der Waals surface area (Å²) in [6.45, 7) is 3.65. The second kappa shape index (κ2) is 4.85. The number of anilines is 1. The fraction of sp³-hybridized carbons (Fsp3) is 0.214. The first-order chi connectivity index (χ1) is 9.95. The number of carbonyl (C=O) groups excluding carboxylic acids is 1. The van der Waals surface area contributed by atoms with Gasteiger partial charge in [0.15, 0.2) is 5.13 Å². The van der Waals surface area contributed by atoms with Crippen LogP contribution in [0.25, 0.3) is 10.2 Å². The molecule has 21 heavy (non-hydrogen) atoms. The molecule has 0 aliphatic carbocycles. The number of fused-ring (bicyclic) bond motifs is 1. The van der Waals surface area contributed by atoms with Crippen molar-refractivity contribution in [2.45, 2.75) is 13.8 Å². The summed E-state index contributed by atoms with van der Waals surface area (Å²) < 4.78 is 7.13. The topological polar surface area (TPSA) is 77.1 Å². The SMILES string of the molecule is Cc1ccc2nc(NC(=O)c3c(C)n(C)oc3=O)sc2c1. The first kappa shape index (κ1) is 13.6.